The summed E-state index contributed by atoms with van der Waals surface area (Å²) in [4.78, 5) is 24.9. The number of hydrogen-bond donors (Lipinski definition) is 0. The molecule has 0 aliphatic heterocycles. The van der Waals surface area contributed by atoms with Crippen molar-refractivity contribution in [1.82, 2.24) is 0 Å². The van der Waals surface area contributed by atoms with E-state index in [2.05, 4.69) is 0 Å². The van der Waals surface area contributed by atoms with Gasteiger partial charge in [-0.15, -0.1) is 0 Å². The molecule has 32 heavy (non-hydrogen) atoms. The minimum absolute atomic E-state index is 0.300. The molecule has 0 fully saturated rings. The SMILES string of the molecule is COc1ccc(COc2ccc3c(-c4cc5ccccc5oc4=O)cc(=O)oc3c2)cc1. The third kappa shape index (κ3) is 3.74. The van der Waals surface area contributed by atoms with Crippen LogP contribution in [0.5, 0.6) is 11.5 Å². The summed E-state index contributed by atoms with van der Waals surface area (Å²) in [5.41, 5.74) is 1.46. The van der Waals surface area contributed by atoms with Crippen molar-refractivity contribution < 1.29 is 18.3 Å². The Morgan fingerprint density at radius 1 is 0.750 bits per heavy atom. The molecular weight excluding hydrogens is 408 g/mol. The first-order chi connectivity index (χ1) is 15.6. The van der Waals surface area contributed by atoms with Gasteiger partial charge in [-0.05, 0) is 42.0 Å². The first kappa shape index (κ1) is 19.6. The molecule has 0 bridgehead atoms. The third-order valence-electron chi connectivity index (χ3n) is 5.21. The van der Waals surface area contributed by atoms with E-state index in [0.717, 1.165) is 16.7 Å². The summed E-state index contributed by atoms with van der Waals surface area (Å²) in [7, 11) is 1.62. The predicted octanol–water partition coefficient (Wildman–Crippen LogP) is 5.15. The van der Waals surface area contributed by atoms with Crippen molar-refractivity contribution in [1.29, 1.82) is 0 Å². The smallest absolute Gasteiger partial charge is 0.344 e. The molecule has 2 heterocycles. The van der Waals surface area contributed by atoms with Gasteiger partial charge in [0.05, 0.1) is 12.7 Å². The Morgan fingerprint density at radius 3 is 2.34 bits per heavy atom. The molecule has 0 aliphatic carbocycles. The number of benzene rings is 3. The Hall–Kier alpha value is -4.32. The fourth-order valence-corrected chi connectivity index (χ4v) is 3.59. The summed E-state index contributed by atoms with van der Waals surface area (Å²) in [6.45, 7) is 0.341. The van der Waals surface area contributed by atoms with Crippen LogP contribution in [0, 0.1) is 0 Å². The molecule has 0 amide bonds. The first-order valence-electron chi connectivity index (χ1n) is 9.97. The van der Waals surface area contributed by atoms with Gasteiger partial charge in [0.25, 0.3) is 0 Å². The van der Waals surface area contributed by atoms with Crippen molar-refractivity contribution in [3.8, 4) is 22.6 Å². The summed E-state index contributed by atoms with van der Waals surface area (Å²) in [6.07, 6.45) is 0. The summed E-state index contributed by atoms with van der Waals surface area (Å²) in [5, 5.41) is 1.38. The molecule has 3 aromatic carbocycles. The monoisotopic (exact) mass is 426 g/mol. The molecule has 0 saturated heterocycles. The van der Waals surface area contributed by atoms with E-state index in [1.54, 1.807) is 43.5 Å². The maximum Gasteiger partial charge on any atom is 0.344 e. The van der Waals surface area contributed by atoms with Gasteiger partial charge in [-0.1, -0.05) is 30.3 Å². The van der Waals surface area contributed by atoms with Crippen LogP contribution in [0.4, 0.5) is 0 Å². The van der Waals surface area contributed by atoms with Crippen LogP contribution < -0.4 is 20.7 Å². The molecule has 6 nitrogen and oxygen atoms in total. The Morgan fingerprint density at radius 2 is 1.53 bits per heavy atom. The molecule has 0 radical (unpaired) electrons. The number of fused-ring (bicyclic) bond motifs is 2. The number of rotatable bonds is 5. The Kier molecular flexibility index (Phi) is 4.95. The van der Waals surface area contributed by atoms with E-state index in [1.165, 1.54) is 6.07 Å². The second-order valence-electron chi connectivity index (χ2n) is 7.26. The maximum atomic E-state index is 12.6. The fraction of sp³-hybridized carbons (Fsp3) is 0.0769. The van der Waals surface area contributed by atoms with E-state index >= 15 is 0 Å². The van der Waals surface area contributed by atoms with Crippen LogP contribution in [0.2, 0.25) is 0 Å². The normalized spacial score (nSPS) is 11.0. The quantitative estimate of drug-likeness (QED) is 0.362. The van der Waals surface area contributed by atoms with Crippen LogP contribution in [-0.4, -0.2) is 7.11 Å². The number of para-hydroxylation sites is 1. The van der Waals surface area contributed by atoms with E-state index in [-0.39, 0.29) is 0 Å². The van der Waals surface area contributed by atoms with Crippen LogP contribution in [0.15, 0.2) is 97.3 Å². The van der Waals surface area contributed by atoms with Gasteiger partial charge >= 0.3 is 11.3 Å². The number of ether oxygens (including phenoxy) is 2. The number of methoxy groups -OCH3 is 1. The second kappa shape index (κ2) is 8.07. The average Bonchev–Trinajstić information content (AvgIpc) is 2.82. The maximum absolute atomic E-state index is 12.6. The lowest BCUT2D eigenvalue weighted by Crippen LogP contribution is -2.06. The van der Waals surface area contributed by atoms with Crippen molar-refractivity contribution in [3.63, 3.8) is 0 Å². The fourth-order valence-electron chi connectivity index (χ4n) is 3.59. The van der Waals surface area contributed by atoms with Crippen LogP contribution in [0.25, 0.3) is 33.1 Å². The highest BCUT2D eigenvalue weighted by Gasteiger charge is 2.14. The molecule has 0 N–H and O–H groups in total. The van der Waals surface area contributed by atoms with E-state index in [1.807, 2.05) is 36.4 Å². The molecular formula is C26H18O6. The van der Waals surface area contributed by atoms with Gasteiger partial charge in [0.2, 0.25) is 0 Å². The van der Waals surface area contributed by atoms with E-state index in [0.29, 0.717) is 40.0 Å². The summed E-state index contributed by atoms with van der Waals surface area (Å²) in [6, 6.07) is 23.0. The Bertz CT molecular complexity index is 1540. The lowest BCUT2D eigenvalue weighted by atomic mass is 10.0. The largest absolute Gasteiger partial charge is 0.497 e. The minimum atomic E-state index is -0.563. The van der Waals surface area contributed by atoms with E-state index in [4.69, 9.17) is 18.3 Å². The van der Waals surface area contributed by atoms with Crippen molar-refractivity contribution in [2.75, 3.05) is 7.11 Å². The molecule has 5 rings (SSSR count). The lowest BCUT2D eigenvalue weighted by Gasteiger charge is -2.09. The van der Waals surface area contributed by atoms with Gasteiger partial charge in [-0.3, -0.25) is 0 Å². The van der Waals surface area contributed by atoms with E-state index < -0.39 is 11.3 Å². The number of hydrogen-bond acceptors (Lipinski definition) is 6. The molecule has 5 aromatic rings. The molecule has 0 saturated carbocycles. The van der Waals surface area contributed by atoms with Gasteiger partial charge in [0.15, 0.2) is 0 Å². The van der Waals surface area contributed by atoms with E-state index in [9.17, 15) is 9.59 Å². The topological polar surface area (TPSA) is 78.9 Å². The van der Waals surface area contributed by atoms with Crippen LogP contribution in [0.3, 0.4) is 0 Å². The van der Waals surface area contributed by atoms with Gasteiger partial charge in [0.1, 0.15) is 29.3 Å². The van der Waals surface area contributed by atoms with Crippen molar-refractivity contribution in [2.45, 2.75) is 6.61 Å². The van der Waals surface area contributed by atoms with Crippen molar-refractivity contribution >= 4 is 21.9 Å². The molecule has 158 valence electrons. The zero-order chi connectivity index (χ0) is 22.1. The second-order valence-corrected chi connectivity index (χ2v) is 7.26. The standard InChI is InChI=1S/C26H18O6/c1-29-18-8-6-16(7-9-18)15-30-19-10-11-20-21(14-25(27)31-24(20)13-19)22-12-17-4-2-3-5-23(17)32-26(22)28/h2-14H,15H2,1H3. The third-order valence-corrected chi connectivity index (χ3v) is 5.21. The van der Waals surface area contributed by atoms with Gasteiger partial charge in [0, 0.05) is 28.5 Å². The zero-order valence-electron chi connectivity index (χ0n) is 17.2. The summed E-state index contributed by atoms with van der Waals surface area (Å²) >= 11 is 0. The van der Waals surface area contributed by atoms with Gasteiger partial charge < -0.3 is 18.3 Å². The Labute approximate surface area is 182 Å². The predicted molar refractivity (Wildman–Crippen MR) is 121 cm³/mol. The molecule has 0 aliphatic rings. The highest BCUT2D eigenvalue weighted by Crippen LogP contribution is 2.30. The Balaban J connectivity index is 1.52. The van der Waals surface area contributed by atoms with Crippen molar-refractivity contribution in [2.24, 2.45) is 0 Å². The molecule has 0 spiro atoms. The highest BCUT2D eigenvalue weighted by atomic mass is 16.5. The van der Waals surface area contributed by atoms with Crippen molar-refractivity contribution in [3.05, 3.63) is 105 Å². The molecule has 0 unspecified atom stereocenters. The first-order valence-corrected chi connectivity index (χ1v) is 9.97. The highest BCUT2D eigenvalue weighted by molar-refractivity contribution is 5.95. The lowest BCUT2D eigenvalue weighted by molar-refractivity contribution is 0.306. The minimum Gasteiger partial charge on any atom is -0.497 e. The summed E-state index contributed by atoms with van der Waals surface area (Å²) < 4.78 is 21.8. The molecule has 6 heteroatoms. The molecule has 0 atom stereocenters. The summed E-state index contributed by atoms with van der Waals surface area (Å²) in [5.74, 6) is 1.31. The van der Waals surface area contributed by atoms with Crippen LogP contribution in [0.1, 0.15) is 5.56 Å². The molecule has 2 aromatic heterocycles. The van der Waals surface area contributed by atoms with Gasteiger partial charge in [-0.25, -0.2) is 9.59 Å². The van der Waals surface area contributed by atoms with Crippen LogP contribution >= 0.6 is 0 Å². The van der Waals surface area contributed by atoms with Gasteiger partial charge in [-0.2, -0.15) is 0 Å². The van der Waals surface area contributed by atoms with Crippen LogP contribution in [-0.2, 0) is 6.61 Å². The zero-order valence-corrected chi connectivity index (χ0v) is 17.2. The average molecular weight is 426 g/mol.